The van der Waals surface area contributed by atoms with Crippen LogP contribution in [0, 0.1) is 13.8 Å². The molecule has 3 N–H and O–H groups in total. The molecule has 2 aromatic rings. The summed E-state index contributed by atoms with van der Waals surface area (Å²) in [5.74, 6) is 5.86. The first-order valence-electron chi connectivity index (χ1n) is 5.23. The molecule has 0 radical (unpaired) electrons. The zero-order valence-electron chi connectivity index (χ0n) is 9.77. The summed E-state index contributed by atoms with van der Waals surface area (Å²) in [5, 5.41) is 0.823. The van der Waals surface area contributed by atoms with Crippen LogP contribution in [0.3, 0.4) is 0 Å². The van der Waals surface area contributed by atoms with Gasteiger partial charge in [-0.2, -0.15) is 0 Å². The number of benzene rings is 1. The van der Waals surface area contributed by atoms with Gasteiger partial charge in [0.25, 0.3) is 0 Å². The lowest BCUT2D eigenvalue weighted by atomic mass is 10.1. The summed E-state index contributed by atoms with van der Waals surface area (Å²) in [7, 11) is 0. The normalized spacial score (nSPS) is 10.3. The first-order chi connectivity index (χ1) is 8.19. The summed E-state index contributed by atoms with van der Waals surface area (Å²) in [5.41, 5.74) is 5.05. The fourth-order valence-corrected chi connectivity index (χ4v) is 2.24. The summed E-state index contributed by atoms with van der Waals surface area (Å²) in [6, 6.07) is 6.33. The van der Waals surface area contributed by atoms with Crippen LogP contribution in [-0.4, -0.2) is 9.97 Å². The van der Waals surface area contributed by atoms with Crippen LogP contribution in [0.25, 0.3) is 0 Å². The highest BCUT2D eigenvalue weighted by Crippen LogP contribution is 2.27. The van der Waals surface area contributed by atoms with Crippen molar-refractivity contribution in [2.75, 3.05) is 5.43 Å². The number of nitrogens with one attached hydrogen (secondary N) is 1. The highest BCUT2D eigenvalue weighted by molar-refractivity contribution is 7.99. The highest BCUT2D eigenvalue weighted by atomic mass is 32.2. The Labute approximate surface area is 105 Å². The number of aromatic nitrogens is 2. The van der Waals surface area contributed by atoms with Gasteiger partial charge in [0.15, 0.2) is 5.82 Å². The lowest BCUT2D eigenvalue weighted by Crippen LogP contribution is -2.08. The zero-order valence-corrected chi connectivity index (χ0v) is 10.6. The Morgan fingerprint density at radius 2 is 2.00 bits per heavy atom. The molecule has 0 spiro atoms. The van der Waals surface area contributed by atoms with Gasteiger partial charge in [0, 0.05) is 4.90 Å². The highest BCUT2D eigenvalue weighted by Gasteiger charge is 2.02. The molecular formula is C12H14N4S. The van der Waals surface area contributed by atoms with E-state index in [0.717, 1.165) is 9.92 Å². The molecule has 4 nitrogen and oxygen atoms in total. The van der Waals surface area contributed by atoms with E-state index >= 15 is 0 Å². The van der Waals surface area contributed by atoms with Crippen molar-refractivity contribution in [2.45, 2.75) is 23.8 Å². The fourth-order valence-electron chi connectivity index (χ4n) is 1.36. The average molecular weight is 246 g/mol. The average Bonchev–Trinajstić information content (AvgIpc) is 2.34. The SMILES string of the molecule is Cc1ccc(Sc2cncc(NN)n2)cc1C. The Hall–Kier alpha value is -1.59. The van der Waals surface area contributed by atoms with Crippen molar-refractivity contribution in [1.29, 1.82) is 0 Å². The molecule has 1 heterocycles. The standard InChI is InChI=1S/C12H14N4S/c1-8-3-4-10(5-9(8)2)17-12-7-14-6-11(15-12)16-13/h3-7H,13H2,1-2H3,(H,15,16). The van der Waals surface area contributed by atoms with E-state index in [-0.39, 0.29) is 0 Å². The van der Waals surface area contributed by atoms with Crippen LogP contribution in [0.5, 0.6) is 0 Å². The van der Waals surface area contributed by atoms with Crippen molar-refractivity contribution in [3.05, 3.63) is 41.7 Å². The molecule has 0 unspecified atom stereocenters. The smallest absolute Gasteiger partial charge is 0.159 e. The minimum atomic E-state index is 0.568. The second kappa shape index (κ2) is 5.16. The molecule has 17 heavy (non-hydrogen) atoms. The lowest BCUT2D eigenvalue weighted by molar-refractivity contribution is 1.04. The van der Waals surface area contributed by atoms with Crippen LogP contribution in [0.15, 0.2) is 40.5 Å². The lowest BCUT2D eigenvalue weighted by Gasteiger charge is -2.05. The largest absolute Gasteiger partial charge is 0.307 e. The number of nitrogen functional groups attached to an aromatic ring is 1. The summed E-state index contributed by atoms with van der Waals surface area (Å²) in [6.07, 6.45) is 3.31. The molecule has 2 rings (SSSR count). The van der Waals surface area contributed by atoms with Crippen LogP contribution in [-0.2, 0) is 0 Å². The molecule has 88 valence electrons. The van der Waals surface area contributed by atoms with Gasteiger partial charge >= 0.3 is 0 Å². The van der Waals surface area contributed by atoms with E-state index in [1.807, 2.05) is 0 Å². The maximum atomic E-state index is 5.29. The molecule has 0 aliphatic heterocycles. The number of aryl methyl sites for hydroxylation is 2. The number of anilines is 1. The molecule has 0 atom stereocenters. The molecule has 0 amide bonds. The Kier molecular flexibility index (Phi) is 3.61. The Morgan fingerprint density at radius 1 is 1.18 bits per heavy atom. The molecule has 1 aromatic heterocycles. The molecule has 0 saturated heterocycles. The van der Waals surface area contributed by atoms with E-state index in [1.54, 1.807) is 24.2 Å². The van der Waals surface area contributed by atoms with Gasteiger partial charge in [-0.05, 0) is 37.1 Å². The van der Waals surface area contributed by atoms with Crippen molar-refractivity contribution >= 4 is 17.6 Å². The second-order valence-electron chi connectivity index (χ2n) is 3.74. The fraction of sp³-hybridized carbons (Fsp3) is 0.167. The van der Waals surface area contributed by atoms with Crippen LogP contribution in [0.4, 0.5) is 5.82 Å². The quantitative estimate of drug-likeness (QED) is 0.643. The Balaban J connectivity index is 2.22. The Morgan fingerprint density at radius 3 is 2.71 bits per heavy atom. The van der Waals surface area contributed by atoms with Gasteiger partial charge in [0.05, 0.1) is 12.4 Å². The van der Waals surface area contributed by atoms with E-state index in [9.17, 15) is 0 Å². The number of hydrazine groups is 1. The van der Waals surface area contributed by atoms with Gasteiger partial charge in [-0.3, -0.25) is 4.98 Å². The maximum Gasteiger partial charge on any atom is 0.159 e. The van der Waals surface area contributed by atoms with E-state index in [1.165, 1.54) is 11.1 Å². The molecule has 0 aliphatic rings. The van der Waals surface area contributed by atoms with E-state index < -0.39 is 0 Å². The maximum absolute atomic E-state index is 5.29. The van der Waals surface area contributed by atoms with Crippen molar-refractivity contribution in [2.24, 2.45) is 5.84 Å². The molecule has 0 fully saturated rings. The molecule has 1 aromatic carbocycles. The van der Waals surface area contributed by atoms with Gasteiger partial charge in [-0.15, -0.1) is 0 Å². The minimum Gasteiger partial charge on any atom is -0.307 e. The topological polar surface area (TPSA) is 63.8 Å². The van der Waals surface area contributed by atoms with Gasteiger partial charge in [-0.1, -0.05) is 17.8 Å². The molecule has 0 saturated carbocycles. The molecule has 5 heteroatoms. The van der Waals surface area contributed by atoms with Crippen LogP contribution in [0.1, 0.15) is 11.1 Å². The third-order valence-electron chi connectivity index (χ3n) is 2.46. The van der Waals surface area contributed by atoms with Crippen LogP contribution in [0.2, 0.25) is 0 Å². The van der Waals surface area contributed by atoms with E-state index in [0.29, 0.717) is 5.82 Å². The van der Waals surface area contributed by atoms with E-state index in [2.05, 4.69) is 47.4 Å². The van der Waals surface area contributed by atoms with Gasteiger partial charge in [0.2, 0.25) is 0 Å². The van der Waals surface area contributed by atoms with Crippen molar-refractivity contribution < 1.29 is 0 Å². The zero-order chi connectivity index (χ0) is 12.3. The summed E-state index contributed by atoms with van der Waals surface area (Å²) in [4.78, 5) is 9.52. The molecule has 0 aliphatic carbocycles. The van der Waals surface area contributed by atoms with Gasteiger partial charge in [0.1, 0.15) is 5.03 Å². The van der Waals surface area contributed by atoms with Crippen molar-refractivity contribution in [3.8, 4) is 0 Å². The van der Waals surface area contributed by atoms with E-state index in [4.69, 9.17) is 5.84 Å². The first-order valence-corrected chi connectivity index (χ1v) is 6.04. The minimum absolute atomic E-state index is 0.568. The monoisotopic (exact) mass is 246 g/mol. The number of hydrogen-bond donors (Lipinski definition) is 2. The molecular weight excluding hydrogens is 232 g/mol. The van der Waals surface area contributed by atoms with Crippen molar-refractivity contribution in [3.63, 3.8) is 0 Å². The Bertz CT molecular complexity index is 528. The van der Waals surface area contributed by atoms with Gasteiger partial charge in [-0.25, -0.2) is 10.8 Å². The predicted octanol–water partition coefficient (Wildman–Crippen LogP) is 2.53. The first kappa shape index (κ1) is 11.9. The number of hydrogen-bond acceptors (Lipinski definition) is 5. The number of nitrogens with zero attached hydrogens (tertiary/aromatic N) is 2. The third kappa shape index (κ3) is 2.95. The van der Waals surface area contributed by atoms with Crippen molar-refractivity contribution in [1.82, 2.24) is 9.97 Å². The second-order valence-corrected chi connectivity index (χ2v) is 4.83. The summed E-state index contributed by atoms with van der Waals surface area (Å²) >= 11 is 1.57. The van der Waals surface area contributed by atoms with Gasteiger partial charge < -0.3 is 5.43 Å². The van der Waals surface area contributed by atoms with Crippen LogP contribution < -0.4 is 11.3 Å². The summed E-state index contributed by atoms with van der Waals surface area (Å²) in [6.45, 7) is 4.20. The predicted molar refractivity (Wildman–Crippen MR) is 69.9 cm³/mol. The number of rotatable bonds is 3. The molecule has 0 bridgehead atoms. The summed E-state index contributed by atoms with van der Waals surface area (Å²) < 4.78 is 0. The third-order valence-corrected chi connectivity index (χ3v) is 3.36. The number of nitrogens with two attached hydrogens (primary N) is 1. The van der Waals surface area contributed by atoms with Crippen LogP contribution >= 0.6 is 11.8 Å².